The van der Waals surface area contributed by atoms with Crippen molar-refractivity contribution < 1.29 is 139 Å². The fraction of sp³-hybridized carbons (Fsp3) is 0.951. The largest absolute Gasteiger partial charge is 0.463 e. The average molecular weight is 1280 g/mol. The zero-order valence-electron chi connectivity index (χ0n) is 52.4. The zero-order valence-corrected chi connectivity index (χ0v) is 52.4. The van der Waals surface area contributed by atoms with Crippen LogP contribution in [0, 0.1) is 45.3 Å². The second-order valence-corrected chi connectivity index (χ2v) is 28.7. The number of ether oxygens (including phenoxy) is 11. The van der Waals surface area contributed by atoms with Gasteiger partial charge in [0.05, 0.1) is 44.2 Å². The SMILES string of the molecule is CC(=O)OC[C@H]1O[C@@H](O[C@H]2[C@H](O[C@H]3CC[C@]4(C)[C@H]5C[C@@H](O)[C@@H]6[C@@H]([C@](C)(CCC=C(C)C)O[C@@H]7O[C@H](CO[C@@H]8O[C@H](CO)[C@@H](O)[C@H](O[C@@H]9OC[C@@H](O)[C@H](O)[C@H]9O)[C@H]8O)[C@@H](O)[C@H](O)[C@H]7O)CC[C@@]6(C)[C@]5(C)CC[C@H]4C3(C)C)O[C@H](CO)[C@@H](O)[C@@H]2O)[C@H](O)[C@@H](O)[C@@H]1O. The van der Waals surface area contributed by atoms with Gasteiger partial charge >= 0.3 is 5.97 Å². The number of allylic oxidation sites excluding steroid dienone is 2. The average Bonchev–Trinajstić information content (AvgIpc) is 1.67. The van der Waals surface area contributed by atoms with Crippen LogP contribution in [0.4, 0.5) is 0 Å². The van der Waals surface area contributed by atoms with Gasteiger partial charge in [-0.15, -0.1) is 0 Å². The molecular weight excluding hydrogens is 1180 g/mol. The Hall–Kier alpha value is -1.83. The quantitative estimate of drug-likeness (QED) is 0.0345. The maximum absolute atomic E-state index is 13.0. The van der Waals surface area contributed by atoms with Crippen molar-refractivity contribution in [1.29, 1.82) is 0 Å². The van der Waals surface area contributed by atoms with Gasteiger partial charge in [0.2, 0.25) is 0 Å². The molecule has 28 heteroatoms. The molecule has 0 aromatic carbocycles. The summed E-state index contributed by atoms with van der Waals surface area (Å²) in [5.74, 6) is -1.37. The highest BCUT2D eigenvalue weighted by Crippen LogP contribution is 2.76. The first-order valence-corrected chi connectivity index (χ1v) is 31.7. The fourth-order valence-electron chi connectivity index (χ4n) is 17.6. The van der Waals surface area contributed by atoms with Gasteiger partial charge in [-0.05, 0) is 124 Å². The molecule has 28 nitrogen and oxygen atoms in total. The highest BCUT2D eigenvalue weighted by molar-refractivity contribution is 5.65. The van der Waals surface area contributed by atoms with E-state index in [0.717, 1.165) is 25.3 Å². The maximum atomic E-state index is 13.0. The van der Waals surface area contributed by atoms with Gasteiger partial charge in [-0.3, -0.25) is 4.79 Å². The predicted molar refractivity (Wildman–Crippen MR) is 302 cm³/mol. The fourth-order valence-corrected chi connectivity index (χ4v) is 17.6. The van der Waals surface area contributed by atoms with Crippen LogP contribution in [0.2, 0.25) is 0 Å². The van der Waals surface area contributed by atoms with E-state index in [0.29, 0.717) is 44.9 Å². The molecule has 5 aliphatic heterocycles. The van der Waals surface area contributed by atoms with E-state index in [2.05, 4.69) is 40.7 Å². The Balaban J connectivity index is 0.911. The van der Waals surface area contributed by atoms with Gasteiger partial charge in [-0.25, -0.2) is 0 Å². The number of carbonyl (C=O) groups is 1. The summed E-state index contributed by atoms with van der Waals surface area (Å²) >= 11 is 0. The predicted octanol–water partition coefficient (Wildman–Crippen LogP) is -3.17. The lowest BCUT2D eigenvalue weighted by molar-refractivity contribution is -0.378. The van der Waals surface area contributed by atoms with Crippen molar-refractivity contribution in [3.63, 3.8) is 0 Å². The Kier molecular flexibility index (Phi) is 22.3. The van der Waals surface area contributed by atoms with Crippen LogP contribution >= 0.6 is 0 Å². The van der Waals surface area contributed by atoms with Gasteiger partial charge in [0.25, 0.3) is 0 Å². The number of aliphatic hydroxyl groups is 16. The van der Waals surface area contributed by atoms with E-state index in [1.807, 2.05) is 20.8 Å². The van der Waals surface area contributed by atoms with Crippen LogP contribution < -0.4 is 0 Å². The van der Waals surface area contributed by atoms with Crippen LogP contribution in [-0.2, 0) is 56.9 Å². The zero-order chi connectivity index (χ0) is 65.4. The smallest absolute Gasteiger partial charge is 0.302 e. The lowest BCUT2D eigenvalue weighted by Crippen LogP contribution is -2.68. The molecule has 9 aliphatic rings. The summed E-state index contributed by atoms with van der Waals surface area (Å²) in [6, 6.07) is 0. The summed E-state index contributed by atoms with van der Waals surface area (Å²) in [6.07, 6.45) is -33.5. The molecule has 514 valence electrons. The number of rotatable bonds is 19. The van der Waals surface area contributed by atoms with Gasteiger partial charge in [-0.2, -0.15) is 0 Å². The van der Waals surface area contributed by atoms with Crippen LogP contribution in [0.5, 0.6) is 0 Å². The van der Waals surface area contributed by atoms with Crippen LogP contribution in [0.15, 0.2) is 11.6 Å². The van der Waals surface area contributed by atoms with Crippen molar-refractivity contribution in [2.75, 3.05) is 33.0 Å². The van der Waals surface area contributed by atoms with Crippen molar-refractivity contribution >= 4 is 5.97 Å². The van der Waals surface area contributed by atoms with Crippen molar-refractivity contribution in [2.45, 2.75) is 285 Å². The van der Waals surface area contributed by atoms with E-state index >= 15 is 0 Å². The van der Waals surface area contributed by atoms with Gasteiger partial charge in [-0.1, -0.05) is 46.3 Å². The van der Waals surface area contributed by atoms with Crippen molar-refractivity contribution in [2.24, 2.45) is 45.3 Å². The minimum Gasteiger partial charge on any atom is -0.463 e. The molecule has 34 atom stereocenters. The summed E-state index contributed by atoms with van der Waals surface area (Å²) in [4.78, 5) is 11.6. The number of carbonyl (C=O) groups excluding carboxylic acids is 1. The molecule has 16 N–H and O–H groups in total. The Morgan fingerprint density at radius 1 is 0.539 bits per heavy atom. The molecule has 4 aliphatic carbocycles. The molecule has 0 unspecified atom stereocenters. The monoisotopic (exact) mass is 1280 g/mol. The van der Waals surface area contributed by atoms with E-state index in [4.69, 9.17) is 52.1 Å². The molecule has 4 saturated carbocycles. The van der Waals surface area contributed by atoms with Crippen molar-refractivity contribution in [3.8, 4) is 0 Å². The third-order valence-electron chi connectivity index (χ3n) is 22.9. The third-order valence-corrected chi connectivity index (χ3v) is 22.9. The first-order valence-electron chi connectivity index (χ1n) is 31.7. The van der Waals surface area contributed by atoms with Crippen LogP contribution in [0.1, 0.15) is 120 Å². The van der Waals surface area contributed by atoms with Gasteiger partial charge in [0, 0.05) is 6.92 Å². The van der Waals surface area contributed by atoms with Crippen LogP contribution in [-0.4, -0.2) is 286 Å². The molecule has 0 amide bonds. The van der Waals surface area contributed by atoms with E-state index in [9.17, 15) is 86.5 Å². The Morgan fingerprint density at radius 3 is 1.74 bits per heavy atom. The lowest BCUT2D eigenvalue weighted by Gasteiger charge is -2.71. The molecule has 0 aromatic heterocycles. The third kappa shape index (κ3) is 13.3. The highest BCUT2D eigenvalue weighted by atomic mass is 16.8. The molecule has 0 aromatic rings. The summed E-state index contributed by atoms with van der Waals surface area (Å²) in [6.45, 7) is 15.1. The highest BCUT2D eigenvalue weighted by Gasteiger charge is 2.72. The number of hydrogen-bond donors (Lipinski definition) is 16. The van der Waals surface area contributed by atoms with Crippen molar-refractivity contribution in [1.82, 2.24) is 0 Å². The molecule has 89 heavy (non-hydrogen) atoms. The van der Waals surface area contributed by atoms with E-state index in [1.54, 1.807) is 0 Å². The Bertz CT molecular complexity index is 2390. The van der Waals surface area contributed by atoms with E-state index in [-0.39, 0.29) is 34.5 Å². The van der Waals surface area contributed by atoms with Crippen LogP contribution in [0.25, 0.3) is 0 Å². The first-order chi connectivity index (χ1) is 41.7. The number of fused-ring (bicyclic) bond motifs is 5. The van der Waals surface area contributed by atoms with Crippen molar-refractivity contribution in [3.05, 3.63) is 11.6 Å². The normalized spacial score (nSPS) is 51.5. The number of esters is 1. The first kappa shape index (κ1) is 71.5. The number of hydrogen-bond acceptors (Lipinski definition) is 28. The molecule has 9 rings (SSSR count). The molecule has 0 bridgehead atoms. The summed E-state index contributed by atoms with van der Waals surface area (Å²) in [5.41, 5.74) is -1.89. The summed E-state index contributed by atoms with van der Waals surface area (Å²) < 4.78 is 65.9. The van der Waals surface area contributed by atoms with E-state index < -0.39 is 215 Å². The standard InChI is InChI=1S/C61H102O28/c1-25(2)11-10-15-61(9,89-55-48(77)44(73)41(70)33(85-55)24-81-53-49(78)50(42(71)31(21-63)82-53)87-52-46(75)38(67)29(66)22-80-52)27-12-17-60(8)37(27)28(65)19-35-58(6)16-14-36(57(4,5)34(58)13-18-59(35,60)7)86-56-51(45(74)39(68)30(20-62)83-56)88-54-47(76)43(72)40(69)32(84-54)23-79-26(3)64/h11,27-56,62-63,65-78H,10,12-24H2,1-9H3/t27-,28+,29+,30+,31+,32+,33+,34-,35+,36-,37-,38-,39+,40+,41+,42+,43-,44-,45-,46+,47+,48+,49+,50-,51+,52-,53+,54-,55-,56-,58-,59+,60+,61-/m0/s1. The van der Waals surface area contributed by atoms with Crippen LogP contribution in [0.3, 0.4) is 0 Å². The Labute approximate surface area is 518 Å². The molecule has 5 saturated heterocycles. The minimum absolute atomic E-state index is 0.00613. The number of aliphatic hydroxyl groups excluding tert-OH is 16. The summed E-state index contributed by atoms with van der Waals surface area (Å²) in [5, 5.41) is 176. The molecule has 0 spiro atoms. The second kappa shape index (κ2) is 27.7. The Morgan fingerprint density at radius 2 is 1.10 bits per heavy atom. The van der Waals surface area contributed by atoms with Gasteiger partial charge in [0.1, 0.15) is 123 Å². The molecule has 0 radical (unpaired) electrons. The molecule has 5 heterocycles. The topological polar surface area (TPSA) is 442 Å². The minimum atomic E-state index is -1.87. The van der Waals surface area contributed by atoms with Gasteiger partial charge in [0.15, 0.2) is 31.5 Å². The van der Waals surface area contributed by atoms with E-state index in [1.165, 1.54) is 0 Å². The summed E-state index contributed by atoms with van der Waals surface area (Å²) in [7, 11) is 0. The van der Waals surface area contributed by atoms with Gasteiger partial charge < -0.3 is 134 Å². The molecule has 9 fully saturated rings. The molecular formula is C61H102O28. The second-order valence-electron chi connectivity index (χ2n) is 28.7. The maximum Gasteiger partial charge on any atom is 0.302 e. The lowest BCUT2D eigenvalue weighted by atomic mass is 9.35.